The third kappa shape index (κ3) is 4.07. The molecule has 0 aliphatic carbocycles. The highest BCUT2D eigenvalue weighted by Gasteiger charge is 1.91. The Kier molecular flexibility index (Phi) is 4.52. The van der Waals surface area contributed by atoms with Crippen LogP contribution < -0.4 is 0 Å². The van der Waals surface area contributed by atoms with Gasteiger partial charge in [0.15, 0.2) is 0 Å². The summed E-state index contributed by atoms with van der Waals surface area (Å²) in [7, 11) is 0. The lowest BCUT2D eigenvalue weighted by Crippen LogP contribution is -1.87. The van der Waals surface area contributed by atoms with Crippen LogP contribution >= 0.6 is 15.9 Å². The molecule has 42 valence electrons. The van der Waals surface area contributed by atoms with Crippen molar-refractivity contribution in [2.75, 3.05) is 0 Å². The summed E-state index contributed by atoms with van der Waals surface area (Å²) in [5.41, 5.74) is 0. The first kappa shape index (κ1) is 7.22. The van der Waals surface area contributed by atoms with Crippen LogP contribution in [0.2, 0.25) is 0 Å². The zero-order valence-electron chi connectivity index (χ0n) is 4.65. The molecule has 0 nitrogen and oxygen atoms in total. The number of allylic oxidation sites excluding steroid dienone is 1. The second kappa shape index (κ2) is 4.38. The Hall–Kier alpha value is 0.220. The Morgan fingerprint density at radius 2 is 2.43 bits per heavy atom. The molecule has 7 heavy (non-hydrogen) atoms. The summed E-state index contributed by atoms with van der Waals surface area (Å²) in [6.45, 7) is 5.80. The summed E-state index contributed by atoms with van der Waals surface area (Å²) in [5, 5.41) is 0. The molecule has 0 aliphatic heterocycles. The Labute approximate surface area is 53.7 Å². The van der Waals surface area contributed by atoms with Crippen LogP contribution in [-0.2, 0) is 0 Å². The molecule has 0 amide bonds. The van der Waals surface area contributed by atoms with E-state index in [0.29, 0.717) is 4.83 Å². The minimum atomic E-state index is 0.525. The predicted molar refractivity (Wildman–Crippen MR) is 37.8 cm³/mol. The topological polar surface area (TPSA) is 0 Å². The average Bonchev–Trinajstić information content (AvgIpc) is 1.68. The summed E-state index contributed by atoms with van der Waals surface area (Å²) < 4.78 is 0. The fourth-order valence-corrected chi connectivity index (χ4v) is 0.851. The van der Waals surface area contributed by atoms with Crippen molar-refractivity contribution in [3.8, 4) is 0 Å². The second-order valence-electron chi connectivity index (χ2n) is 1.54. The van der Waals surface area contributed by atoms with Gasteiger partial charge in [-0.3, -0.25) is 0 Å². The minimum Gasteiger partial charge on any atom is -0.102 e. The second-order valence-corrected chi connectivity index (χ2v) is 2.72. The van der Waals surface area contributed by atoms with E-state index < -0.39 is 0 Å². The van der Waals surface area contributed by atoms with Crippen molar-refractivity contribution in [2.24, 2.45) is 0 Å². The van der Waals surface area contributed by atoms with Gasteiger partial charge in [-0.05, 0) is 6.42 Å². The normalized spacial score (nSPS) is 13.4. The lowest BCUT2D eigenvalue weighted by molar-refractivity contribution is 0.837. The summed E-state index contributed by atoms with van der Waals surface area (Å²) >= 11 is 3.42. The molecule has 1 atom stereocenters. The van der Waals surface area contributed by atoms with Gasteiger partial charge in [-0.1, -0.05) is 35.4 Å². The van der Waals surface area contributed by atoms with Crippen molar-refractivity contribution in [1.29, 1.82) is 0 Å². The predicted octanol–water partition coefficient (Wildman–Crippen LogP) is 2.74. The summed E-state index contributed by atoms with van der Waals surface area (Å²) in [6, 6.07) is 0. The number of halogens is 1. The molecular formula is C6H11Br. The van der Waals surface area contributed by atoms with E-state index in [1.54, 1.807) is 0 Å². The molecule has 0 aromatic heterocycles. The quantitative estimate of drug-likeness (QED) is 0.443. The zero-order valence-corrected chi connectivity index (χ0v) is 6.24. The van der Waals surface area contributed by atoms with Gasteiger partial charge < -0.3 is 0 Å². The van der Waals surface area contributed by atoms with E-state index in [9.17, 15) is 0 Å². The molecule has 0 saturated carbocycles. The van der Waals surface area contributed by atoms with Crippen LogP contribution in [0.15, 0.2) is 12.7 Å². The lowest BCUT2D eigenvalue weighted by atomic mass is 10.2. The molecule has 0 heterocycles. The average molecular weight is 163 g/mol. The Morgan fingerprint density at radius 3 is 2.57 bits per heavy atom. The molecule has 0 bridgehead atoms. The first-order valence-corrected chi connectivity index (χ1v) is 3.49. The molecule has 0 rings (SSSR count). The van der Waals surface area contributed by atoms with Gasteiger partial charge >= 0.3 is 0 Å². The number of hydrogen-bond acceptors (Lipinski definition) is 0. The van der Waals surface area contributed by atoms with Gasteiger partial charge in [-0.25, -0.2) is 0 Å². The molecule has 0 saturated heterocycles. The lowest BCUT2D eigenvalue weighted by Gasteiger charge is -1.96. The van der Waals surface area contributed by atoms with Gasteiger partial charge in [0.1, 0.15) is 0 Å². The standard InChI is InChI=1S/C6H11Br/c1-3-5-6(7)4-2/h4,6H,2-3,5H2,1H3/t6-/m0/s1. The van der Waals surface area contributed by atoms with Crippen molar-refractivity contribution in [2.45, 2.75) is 24.6 Å². The highest BCUT2D eigenvalue weighted by molar-refractivity contribution is 9.09. The van der Waals surface area contributed by atoms with Crippen molar-refractivity contribution in [1.82, 2.24) is 0 Å². The Balaban J connectivity index is 2.98. The zero-order chi connectivity index (χ0) is 5.70. The highest BCUT2D eigenvalue weighted by Crippen LogP contribution is 2.06. The number of rotatable bonds is 3. The molecule has 0 radical (unpaired) electrons. The number of alkyl halides is 1. The highest BCUT2D eigenvalue weighted by atomic mass is 79.9. The molecular weight excluding hydrogens is 152 g/mol. The van der Waals surface area contributed by atoms with E-state index in [0.717, 1.165) is 0 Å². The largest absolute Gasteiger partial charge is 0.102 e. The molecule has 0 aliphatic rings. The van der Waals surface area contributed by atoms with Crippen LogP contribution in [0.5, 0.6) is 0 Å². The maximum absolute atomic E-state index is 3.63. The summed E-state index contributed by atoms with van der Waals surface area (Å²) in [4.78, 5) is 0.525. The van der Waals surface area contributed by atoms with Crippen LogP contribution in [0.4, 0.5) is 0 Å². The third-order valence-corrected chi connectivity index (χ3v) is 1.65. The molecule has 0 aromatic carbocycles. The maximum atomic E-state index is 3.63. The van der Waals surface area contributed by atoms with Gasteiger partial charge in [0.25, 0.3) is 0 Å². The third-order valence-electron chi connectivity index (χ3n) is 0.820. The van der Waals surface area contributed by atoms with Crippen LogP contribution in [0, 0.1) is 0 Å². The van der Waals surface area contributed by atoms with Gasteiger partial charge in [0.05, 0.1) is 0 Å². The molecule has 0 unspecified atom stereocenters. The van der Waals surface area contributed by atoms with E-state index in [2.05, 4.69) is 29.4 Å². The summed E-state index contributed by atoms with van der Waals surface area (Å²) in [5.74, 6) is 0. The minimum absolute atomic E-state index is 0.525. The van der Waals surface area contributed by atoms with Gasteiger partial charge in [-0.2, -0.15) is 0 Å². The molecule has 0 spiro atoms. The van der Waals surface area contributed by atoms with E-state index >= 15 is 0 Å². The van der Waals surface area contributed by atoms with Crippen LogP contribution in [-0.4, -0.2) is 4.83 Å². The van der Waals surface area contributed by atoms with E-state index in [4.69, 9.17) is 0 Å². The van der Waals surface area contributed by atoms with Gasteiger partial charge in [0.2, 0.25) is 0 Å². The number of hydrogen-bond donors (Lipinski definition) is 0. The van der Waals surface area contributed by atoms with Gasteiger partial charge in [0, 0.05) is 4.83 Å². The fraction of sp³-hybridized carbons (Fsp3) is 0.667. The van der Waals surface area contributed by atoms with Crippen molar-refractivity contribution >= 4 is 15.9 Å². The van der Waals surface area contributed by atoms with Crippen molar-refractivity contribution in [3.63, 3.8) is 0 Å². The van der Waals surface area contributed by atoms with Gasteiger partial charge in [-0.15, -0.1) is 6.58 Å². The summed E-state index contributed by atoms with van der Waals surface area (Å²) in [6.07, 6.45) is 4.34. The first-order valence-electron chi connectivity index (χ1n) is 2.58. The first-order chi connectivity index (χ1) is 3.31. The van der Waals surface area contributed by atoms with E-state index in [-0.39, 0.29) is 0 Å². The fourth-order valence-electron chi connectivity index (χ4n) is 0.394. The van der Waals surface area contributed by atoms with Crippen molar-refractivity contribution < 1.29 is 0 Å². The van der Waals surface area contributed by atoms with Crippen LogP contribution in [0.3, 0.4) is 0 Å². The van der Waals surface area contributed by atoms with E-state index in [1.807, 2.05) is 6.08 Å². The smallest absolute Gasteiger partial charge is 0.0322 e. The van der Waals surface area contributed by atoms with Crippen LogP contribution in [0.1, 0.15) is 19.8 Å². The monoisotopic (exact) mass is 162 g/mol. The molecule has 0 aromatic rings. The SMILES string of the molecule is C=C[C@H](Br)CCC. The maximum Gasteiger partial charge on any atom is 0.0322 e. The Bertz CT molecular complexity index is 50.1. The van der Waals surface area contributed by atoms with Crippen LogP contribution in [0.25, 0.3) is 0 Å². The Morgan fingerprint density at radius 1 is 1.86 bits per heavy atom. The molecule has 0 fully saturated rings. The van der Waals surface area contributed by atoms with E-state index in [1.165, 1.54) is 12.8 Å². The molecule has 0 N–H and O–H groups in total. The molecule has 1 heteroatoms. The van der Waals surface area contributed by atoms with Crippen molar-refractivity contribution in [3.05, 3.63) is 12.7 Å².